The fourth-order valence-corrected chi connectivity index (χ4v) is 0.939. The molecule has 0 bridgehead atoms. The zero-order valence-electron chi connectivity index (χ0n) is 5.39. The highest BCUT2D eigenvalue weighted by Crippen LogP contribution is 2.20. The Hall–Kier alpha value is -1.51. The van der Waals surface area contributed by atoms with Crippen molar-refractivity contribution in [3.8, 4) is 0 Å². The molecule has 0 fully saturated rings. The molecule has 2 heterocycles. The number of fused-ring (bicyclic) bond motifs is 1. The molecule has 2 rings (SSSR count). The standard InChI is InChI=1S/C7H7N3/c1-2-8-5-7-6(1)9-3-4-10-7/h1-5,9-10H/p+1. The highest BCUT2D eigenvalue weighted by Gasteiger charge is 2.03. The summed E-state index contributed by atoms with van der Waals surface area (Å²) in [4.78, 5) is 2.98. The van der Waals surface area contributed by atoms with Gasteiger partial charge in [-0.2, -0.15) is 0 Å². The lowest BCUT2D eigenvalue weighted by Gasteiger charge is -2.09. The molecular weight excluding hydrogens is 126 g/mol. The van der Waals surface area contributed by atoms with E-state index < -0.39 is 0 Å². The number of rotatable bonds is 0. The third kappa shape index (κ3) is 0.719. The van der Waals surface area contributed by atoms with Crippen molar-refractivity contribution in [1.82, 2.24) is 0 Å². The van der Waals surface area contributed by atoms with E-state index in [1.165, 1.54) is 0 Å². The topological polar surface area (TPSA) is 38.2 Å². The maximum Gasteiger partial charge on any atom is 0.192 e. The summed E-state index contributed by atoms with van der Waals surface area (Å²) < 4.78 is 0. The van der Waals surface area contributed by atoms with Gasteiger partial charge in [-0.25, -0.2) is 4.98 Å². The molecule has 3 nitrogen and oxygen atoms in total. The summed E-state index contributed by atoms with van der Waals surface area (Å²) in [7, 11) is 0. The summed E-state index contributed by atoms with van der Waals surface area (Å²) in [5.74, 6) is 0. The van der Waals surface area contributed by atoms with Crippen LogP contribution in [0.3, 0.4) is 0 Å². The summed E-state index contributed by atoms with van der Waals surface area (Å²) in [6.07, 6.45) is 7.51. The summed E-state index contributed by atoms with van der Waals surface area (Å²) in [6, 6.07) is 1.98. The predicted molar refractivity (Wildman–Crippen MR) is 39.4 cm³/mol. The first-order chi connectivity index (χ1) is 4.97. The van der Waals surface area contributed by atoms with Gasteiger partial charge in [-0.3, -0.25) is 0 Å². The van der Waals surface area contributed by atoms with Crippen LogP contribution in [0.25, 0.3) is 0 Å². The monoisotopic (exact) mass is 134 g/mol. The Labute approximate surface area is 58.8 Å². The number of anilines is 2. The molecule has 0 spiro atoms. The number of hydrogen-bond acceptors (Lipinski definition) is 2. The van der Waals surface area contributed by atoms with E-state index in [2.05, 4.69) is 15.6 Å². The largest absolute Gasteiger partial charge is 0.358 e. The van der Waals surface area contributed by atoms with Gasteiger partial charge < -0.3 is 10.6 Å². The van der Waals surface area contributed by atoms with E-state index in [1.54, 1.807) is 0 Å². The van der Waals surface area contributed by atoms with Gasteiger partial charge in [0.15, 0.2) is 12.4 Å². The van der Waals surface area contributed by atoms with E-state index >= 15 is 0 Å². The van der Waals surface area contributed by atoms with Gasteiger partial charge in [0, 0.05) is 18.5 Å². The molecule has 0 saturated heterocycles. The molecule has 3 heteroatoms. The molecule has 1 aliphatic rings. The van der Waals surface area contributed by atoms with Crippen LogP contribution in [-0.4, -0.2) is 0 Å². The average molecular weight is 134 g/mol. The van der Waals surface area contributed by atoms with Crippen molar-refractivity contribution in [3.63, 3.8) is 0 Å². The number of hydrogen-bond donors (Lipinski definition) is 2. The van der Waals surface area contributed by atoms with Gasteiger partial charge in [0.25, 0.3) is 0 Å². The Kier molecular flexibility index (Phi) is 1.07. The van der Waals surface area contributed by atoms with Crippen molar-refractivity contribution >= 4 is 11.4 Å². The maximum atomic E-state index is 3.10. The minimum atomic E-state index is 1.07. The SMILES string of the molecule is C1=CNc2c[nH+]ccc2N1. The quantitative estimate of drug-likeness (QED) is 0.551. The number of aromatic nitrogens is 1. The van der Waals surface area contributed by atoms with E-state index in [4.69, 9.17) is 0 Å². The summed E-state index contributed by atoms with van der Waals surface area (Å²) in [5, 5.41) is 6.19. The molecule has 10 heavy (non-hydrogen) atoms. The molecule has 0 aliphatic carbocycles. The van der Waals surface area contributed by atoms with Gasteiger partial charge in [0.2, 0.25) is 0 Å². The zero-order chi connectivity index (χ0) is 6.81. The van der Waals surface area contributed by atoms with Crippen LogP contribution in [-0.2, 0) is 0 Å². The van der Waals surface area contributed by atoms with Gasteiger partial charge >= 0.3 is 0 Å². The Morgan fingerprint density at radius 3 is 2.70 bits per heavy atom. The van der Waals surface area contributed by atoms with Crippen LogP contribution in [0.4, 0.5) is 11.4 Å². The van der Waals surface area contributed by atoms with Crippen molar-refractivity contribution < 1.29 is 4.98 Å². The summed E-state index contributed by atoms with van der Waals surface area (Å²) in [6.45, 7) is 0. The molecule has 0 aromatic carbocycles. The molecule has 0 atom stereocenters. The predicted octanol–water partition coefficient (Wildman–Crippen LogP) is 0.809. The zero-order valence-corrected chi connectivity index (χ0v) is 5.39. The minimum Gasteiger partial charge on any atom is -0.358 e. The molecule has 50 valence electrons. The molecular formula is C7H8N3+. The fourth-order valence-electron chi connectivity index (χ4n) is 0.939. The van der Waals surface area contributed by atoms with Crippen molar-refractivity contribution in [2.24, 2.45) is 0 Å². The van der Waals surface area contributed by atoms with Crippen molar-refractivity contribution in [3.05, 3.63) is 30.9 Å². The van der Waals surface area contributed by atoms with Crippen LogP contribution < -0.4 is 15.6 Å². The van der Waals surface area contributed by atoms with Crippen LogP contribution in [0.15, 0.2) is 30.9 Å². The Morgan fingerprint density at radius 2 is 1.90 bits per heavy atom. The maximum absolute atomic E-state index is 3.10. The van der Waals surface area contributed by atoms with Gasteiger partial charge in [-0.1, -0.05) is 0 Å². The van der Waals surface area contributed by atoms with Crippen molar-refractivity contribution in [2.75, 3.05) is 10.6 Å². The first-order valence-corrected chi connectivity index (χ1v) is 3.15. The Morgan fingerprint density at radius 1 is 1.10 bits per heavy atom. The third-order valence-corrected chi connectivity index (χ3v) is 1.43. The van der Waals surface area contributed by atoms with Crippen molar-refractivity contribution in [2.45, 2.75) is 0 Å². The molecule has 0 saturated carbocycles. The third-order valence-electron chi connectivity index (χ3n) is 1.43. The minimum absolute atomic E-state index is 1.07. The normalized spacial score (nSPS) is 13.2. The highest BCUT2D eigenvalue weighted by atomic mass is 15.0. The first kappa shape index (κ1) is 5.29. The lowest BCUT2D eigenvalue weighted by atomic mass is 10.3. The molecule has 1 aliphatic heterocycles. The van der Waals surface area contributed by atoms with Gasteiger partial charge in [0.05, 0.1) is 5.69 Å². The second kappa shape index (κ2) is 2.02. The van der Waals surface area contributed by atoms with Gasteiger partial charge in [-0.15, -0.1) is 0 Å². The molecule has 1 aromatic rings. The second-order valence-electron chi connectivity index (χ2n) is 2.09. The fraction of sp³-hybridized carbons (Fsp3) is 0. The smallest absolute Gasteiger partial charge is 0.192 e. The van der Waals surface area contributed by atoms with Gasteiger partial charge in [0.1, 0.15) is 5.69 Å². The van der Waals surface area contributed by atoms with Crippen molar-refractivity contribution in [1.29, 1.82) is 0 Å². The van der Waals surface area contributed by atoms with Crippen LogP contribution in [0, 0.1) is 0 Å². The number of aromatic amines is 1. The van der Waals surface area contributed by atoms with Crippen LogP contribution in [0.1, 0.15) is 0 Å². The highest BCUT2D eigenvalue weighted by molar-refractivity contribution is 5.70. The van der Waals surface area contributed by atoms with Crippen LogP contribution in [0.5, 0.6) is 0 Å². The Bertz CT molecular complexity index is 240. The van der Waals surface area contributed by atoms with E-state index in [9.17, 15) is 0 Å². The van der Waals surface area contributed by atoms with E-state index in [0.29, 0.717) is 0 Å². The molecule has 0 unspecified atom stereocenters. The number of pyridine rings is 1. The molecule has 1 aromatic heterocycles. The number of nitrogens with one attached hydrogen (secondary N) is 3. The van der Waals surface area contributed by atoms with Crippen LogP contribution >= 0.6 is 0 Å². The van der Waals surface area contributed by atoms with E-state index in [-0.39, 0.29) is 0 Å². The average Bonchev–Trinajstić information content (AvgIpc) is 2.05. The molecule has 0 radical (unpaired) electrons. The van der Waals surface area contributed by atoms with E-state index in [1.807, 2.05) is 30.9 Å². The molecule has 3 N–H and O–H groups in total. The molecule has 0 amide bonds. The lowest BCUT2D eigenvalue weighted by Crippen LogP contribution is -2.07. The lowest BCUT2D eigenvalue weighted by molar-refractivity contribution is -0.376. The van der Waals surface area contributed by atoms with Crippen LogP contribution in [0.2, 0.25) is 0 Å². The van der Waals surface area contributed by atoms with Gasteiger partial charge in [-0.05, 0) is 0 Å². The number of H-pyrrole nitrogens is 1. The second-order valence-corrected chi connectivity index (χ2v) is 2.09. The first-order valence-electron chi connectivity index (χ1n) is 3.15. The summed E-state index contributed by atoms with van der Waals surface area (Å²) in [5.41, 5.74) is 2.17. The summed E-state index contributed by atoms with van der Waals surface area (Å²) >= 11 is 0. The van der Waals surface area contributed by atoms with E-state index in [0.717, 1.165) is 11.4 Å². The Balaban J connectivity index is 2.47.